The molecule has 0 spiro atoms. The summed E-state index contributed by atoms with van der Waals surface area (Å²) >= 11 is 3.08. The van der Waals surface area contributed by atoms with Crippen LogP contribution in [0.3, 0.4) is 0 Å². The highest BCUT2D eigenvalue weighted by Crippen LogP contribution is 2.21. The van der Waals surface area contributed by atoms with E-state index in [-0.39, 0.29) is 5.69 Å². The molecule has 0 radical (unpaired) electrons. The topological polar surface area (TPSA) is 56.0 Å². The molecule has 0 aliphatic rings. The largest absolute Gasteiger partial charge is 0.276 e. The van der Waals surface area contributed by atoms with Gasteiger partial charge in [0.05, 0.1) is 4.92 Å². The Morgan fingerprint density at radius 1 is 1.75 bits per heavy atom. The fraction of sp³-hybridized carbons (Fsp3) is 0.286. The van der Waals surface area contributed by atoms with Crippen molar-refractivity contribution >= 4 is 21.6 Å². The molecular formula is C7H7BrN2O2. The van der Waals surface area contributed by atoms with Crippen LogP contribution < -0.4 is 0 Å². The number of rotatable bonds is 2. The van der Waals surface area contributed by atoms with E-state index in [0.29, 0.717) is 16.6 Å². The Labute approximate surface area is 77.9 Å². The maximum absolute atomic E-state index is 10.5. The Kier molecular flexibility index (Phi) is 2.75. The molecule has 0 bridgehead atoms. The van der Waals surface area contributed by atoms with Crippen LogP contribution in [-0.4, -0.2) is 9.91 Å². The van der Waals surface area contributed by atoms with Crippen molar-refractivity contribution < 1.29 is 4.92 Å². The van der Waals surface area contributed by atoms with Gasteiger partial charge in [-0.15, -0.1) is 0 Å². The summed E-state index contributed by atoms with van der Waals surface area (Å²) in [6.07, 6.45) is 2.14. The van der Waals surface area contributed by atoms with E-state index in [1.54, 1.807) is 0 Å². The third-order valence-electron chi connectivity index (χ3n) is 1.51. The molecule has 1 rings (SSSR count). The molecule has 1 aromatic rings. The first-order chi connectivity index (χ1) is 5.65. The van der Waals surface area contributed by atoms with E-state index < -0.39 is 4.92 Å². The first-order valence-electron chi connectivity index (χ1n) is 3.44. The zero-order valence-electron chi connectivity index (χ0n) is 6.45. The van der Waals surface area contributed by atoms with Crippen molar-refractivity contribution in [3.8, 4) is 0 Å². The summed E-state index contributed by atoms with van der Waals surface area (Å²) in [7, 11) is 0. The Bertz CT molecular complexity index is 314. The maximum Gasteiger partial charge on any atom is 0.276 e. The molecule has 0 saturated heterocycles. The number of nitro groups is 1. The monoisotopic (exact) mass is 230 g/mol. The number of hydrogen-bond donors (Lipinski definition) is 0. The second-order valence-corrected chi connectivity index (χ2v) is 3.06. The molecule has 0 aromatic carbocycles. The van der Waals surface area contributed by atoms with Gasteiger partial charge >= 0.3 is 0 Å². The van der Waals surface area contributed by atoms with E-state index >= 15 is 0 Å². The minimum Gasteiger partial charge on any atom is -0.258 e. The van der Waals surface area contributed by atoms with E-state index in [4.69, 9.17) is 0 Å². The Balaban J connectivity index is 3.21. The normalized spacial score (nSPS) is 9.83. The molecule has 12 heavy (non-hydrogen) atoms. The molecule has 4 nitrogen and oxygen atoms in total. The van der Waals surface area contributed by atoms with Gasteiger partial charge in [-0.3, -0.25) is 10.1 Å². The van der Waals surface area contributed by atoms with Gasteiger partial charge in [0.25, 0.3) is 5.69 Å². The van der Waals surface area contributed by atoms with Crippen molar-refractivity contribution in [2.45, 2.75) is 13.3 Å². The number of aryl methyl sites for hydroxylation is 1. The average molecular weight is 231 g/mol. The fourth-order valence-corrected chi connectivity index (χ4v) is 1.21. The predicted octanol–water partition coefficient (Wildman–Crippen LogP) is 2.31. The van der Waals surface area contributed by atoms with Crippen molar-refractivity contribution in [2.24, 2.45) is 0 Å². The summed E-state index contributed by atoms with van der Waals surface area (Å²) in [4.78, 5) is 14.0. The molecule has 0 amide bonds. The molecule has 0 aliphatic heterocycles. The van der Waals surface area contributed by atoms with Crippen molar-refractivity contribution in [3.63, 3.8) is 0 Å². The van der Waals surface area contributed by atoms with Crippen LogP contribution in [0, 0.1) is 10.1 Å². The van der Waals surface area contributed by atoms with Gasteiger partial charge in [-0.25, -0.2) is 4.98 Å². The van der Waals surface area contributed by atoms with Crippen LogP contribution in [0.5, 0.6) is 0 Å². The van der Waals surface area contributed by atoms with Gasteiger partial charge in [0.2, 0.25) is 0 Å². The molecule has 5 heteroatoms. The van der Waals surface area contributed by atoms with Crippen LogP contribution >= 0.6 is 15.9 Å². The Morgan fingerprint density at radius 2 is 2.42 bits per heavy atom. The molecule has 1 aromatic heterocycles. The smallest absolute Gasteiger partial charge is 0.258 e. The van der Waals surface area contributed by atoms with E-state index in [2.05, 4.69) is 20.9 Å². The molecular weight excluding hydrogens is 224 g/mol. The van der Waals surface area contributed by atoms with Gasteiger partial charge in [0, 0.05) is 17.8 Å². The molecule has 0 saturated carbocycles. The Morgan fingerprint density at radius 3 is 2.92 bits per heavy atom. The van der Waals surface area contributed by atoms with Gasteiger partial charge in [0.1, 0.15) is 4.60 Å². The first-order valence-corrected chi connectivity index (χ1v) is 4.23. The summed E-state index contributed by atoms with van der Waals surface area (Å²) < 4.78 is 0.492. The quantitative estimate of drug-likeness (QED) is 0.445. The van der Waals surface area contributed by atoms with Crippen LogP contribution in [0.1, 0.15) is 12.5 Å². The van der Waals surface area contributed by atoms with Crippen LogP contribution in [0.15, 0.2) is 16.9 Å². The minimum absolute atomic E-state index is 0.124. The fourth-order valence-electron chi connectivity index (χ4n) is 0.891. The lowest BCUT2D eigenvalue weighted by atomic mass is 10.2. The summed E-state index contributed by atoms with van der Waals surface area (Å²) in [5, 5.41) is 10.5. The zero-order valence-corrected chi connectivity index (χ0v) is 8.04. The summed E-state index contributed by atoms with van der Waals surface area (Å²) in [6.45, 7) is 1.86. The predicted molar refractivity (Wildman–Crippen MR) is 48.0 cm³/mol. The van der Waals surface area contributed by atoms with Gasteiger partial charge in [0.15, 0.2) is 0 Å². The zero-order chi connectivity index (χ0) is 9.14. The van der Waals surface area contributed by atoms with Crippen LogP contribution in [-0.2, 0) is 6.42 Å². The van der Waals surface area contributed by atoms with Crippen molar-refractivity contribution in [1.29, 1.82) is 0 Å². The average Bonchev–Trinajstić information content (AvgIpc) is 2.04. The minimum atomic E-state index is -0.398. The van der Waals surface area contributed by atoms with Gasteiger partial charge in [-0.2, -0.15) is 0 Å². The molecule has 0 atom stereocenters. The highest BCUT2D eigenvalue weighted by Gasteiger charge is 2.12. The SMILES string of the molecule is CCc1cnc(Br)cc1[N+](=O)[O-]. The number of hydrogen-bond acceptors (Lipinski definition) is 3. The number of aromatic nitrogens is 1. The Hall–Kier alpha value is -0.970. The van der Waals surface area contributed by atoms with Crippen molar-refractivity contribution in [2.75, 3.05) is 0 Å². The van der Waals surface area contributed by atoms with Gasteiger partial charge < -0.3 is 0 Å². The summed E-state index contributed by atoms with van der Waals surface area (Å²) in [5.74, 6) is 0. The van der Waals surface area contributed by atoms with E-state index in [1.807, 2.05) is 6.92 Å². The summed E-state index contributed by atoms with van der Waals surface area (Å²) in [6, 6.07) is 1.42. The number of nitrogens with zero attached hydrogens (tertiary/aromatic N) is 2. The lowest BCUT2D eigenvalue weighted by Gasteiger charge is -1.98. The molecule has 1 heterocycles. The third-order valence-corrected chi connectivity index (χ3v) is 1.94. The van der Waals surface area contributed by atoms with Crippen molar-refractivity contribution in [1.82, 2.24) is 4.98 Å². The molecule has 0 N–H and O–H groups in total. The molecule has 0 aliphatic carbocycles. The van der Waals surface area contributed by atoms with E-state index in [0.717, 1.165) is 0 Å². The van der Waals surface area contributed by atoms with E-state index in [1.165, 1.54) is 12.3 Å². The van der Waals surface area contributed by atoms with Crippen LogP contribution in [0.25, 0.3) is 0 Å². The third kappa shape index (κ3) is 1.79. The van der Waals surface area contributed by atoms with Gasteiger partial charge in [-0.05, 0) is 22.4 Å². The highest BCUT2D eigenvalue weighted by molar-refractivity contribution is 9.10. The van der Waals surface area contributed by atoms with Crippen LogP contribution in [0.2, 0.25) is 0 Å². The highest BCUT2D eigenvalue weighted by atomic mass is 79.9. The van der Waals surface area contributed by atoms with E-state index in [9.17, 15) is 10.1 Å². The number of pyridine rings is 1. The second-order valence-electron chi connectivity index (χ2n) is 2.25. The maximum atomic E-state index is 10.5. The number of halogens is 1. The second kappa shape index (κ2) is 3.62. The van der Waals surface area contributed by atoms with Crippen molar-refractivity contribution in [3.05, 3.63) is 32.5 Å². The van der Waals surface area contributed by atoms with Gasteiger partial charge in [-0.1, -0.05) is 6.92 Å². The molecule has 0 fully saturated rings. The standard InChI is InChI=1S/C7H7BrN2O2/c1-2-5-4-9-7(8)3-6(5)10(11)12/h3-4H,2H2,1H3. The molecule has 0 unspecified atom stereocenters. The molecule has 64 valence electrons. The first kappa shape index (κ1) is 9.12. The summed E-state index contributed by atoms with van der Waals surface area (Å²) in [5.41, 5.74) is 0.780. The van der Waals surface area contributed by atoms with Crippen LogP contribution in [0.4, 0.5) is 5.69 Å². The lowest BCUT2D eigenvalue weighted by Crippen LogP contribution is -1.95. The lowest BCUT2D eigenvalue weighted by molar-refractivity contribution is -0.385.